The van der Waals surface area contributed by atoms with Crippen LogP contribution >= 0.6 is 11.8 Å². The van der Waals surface area contributed by atoms with Gasteiger partial charge in [0.25, 0.3) is 0 Å². The van der Waals surface area contributed by atoms with E-state index in [2.05, 4.69) is 37.4 Å². The predicted octanol–water partition coefficient (Wildman–Crippen LogP) is 2.06. The largest absolute Gasteiger partial charge is 0.316 e. The van der Waals surface area contributed by atoms with Gasteiger partial charge in [0.05, 0.1) is 0 Å². The average molecular weight is 230 g/mol. The van der Waals surface area contributed by atoms with Crippen molar-refractivity contribution < 1.29 is 0 Å². The molecule has 0 aromatic rings. The third-order valence-corrected chi connectivity index (χ3v) is 4.79. The van der Waals surface area contributed by atoms with Crippen molar-refractivity contribution in [3.63, 3.8) is 0 Å². The van der Waals surface area contributed by atoms with Crippen LogP contribution in [0.2, 0.25) is 0 Å². The summed E-state index contributed by atoms with van der Waals surface area (Å²) in [5.74, 6) is 1.27. The van der Waals surface area contributed by atoms with Crippen molar-refractivity contribution in [3.05, 3.63) is 0 Å². The summed E-state index contributed by atoms with van der Waals surface area (Å²) >= 11 is 1.99. The second-order valence-electron chi connectivity index (χ2n) is 4.90. The van der Waals surface area contributed by atoms with E-state index in [1.807, 2.05) is 11.8 Å². The Kier molecular flexibility index (Phi) is 5.44. The molecule has 0 aromatic heterocycles. The molecule has 1 N–H and O–H groups in total. The summed E-state index contributed by atoms with van der Waals surface area (Å²) in [7, 11) is 2.12. The van der Waals surface area contributed by atoms with E-state index in [0.29, 0.717) is 11.5 Å². The van der Waals surface area contributed by atoms with Gasteiger partial charge in [0.2, 0.25) is 0 Å². The van der Waals surface area contributed by atoms with Gasteiger partial charge in [0.1, 0.15) is 0 Å². The molecule has 0 radical (unpaired) electrons. The van der Waals surface area contributed by atoms with E-state index in [9.17, 15) is 0 Å². The molecule has 90 valence electrons. The molecular formula is C12H26N2S. The number of hydrogen-bond donors (Lipinski definition) is 1. The molecule has 0 saturated carbocycles. The molecule has 1 aliphatic heterocycles. The summed E-state index contributed by atoms with van der Waals surface area (Å²) in [4.78, 5) is 2.58. The van der Waals surface area contributed by atoms with Crippen LogP contribution in [0.25, 0.3) is 0 Å². The molecular weight excluding hydrogens is 204 g/mol. The molecule has 1 heterocycles. The Bertz CT molecular complexity index is 186. The third kappa shape index (κ3) is 3.36. The molecule has 15 heavy (non-hydrogen) atoms. The molecule has 0 aromatic carbocycles. The third-order valence-electron chi connectivity index (χ3n) is 3.84. The number of likely N-dealkylation sites (tertiary alicyclic amines) is 1. The van der Waals surface area contributed by atoms with E-state index in [4.69, 9.17) is 0 Å². The van der Waals surface area contributed by atoms with E-state index < -0.39 is 0 Å². The van der Waals surface area contributed by atoms with Gasteiger partial charge >= 0.3 is 0 Å². The fourth-order valence-electron chi connectivity index (χ4n) is 2.67. The van der Waals surface area contributed by atoms with E-state index in [1.54, 1.807) is 0 Å². The summed E-state index contributed by atoms with van der Waals surface area (Å²) in [5.41, 5.74) is 0.470. The quantitative estimate of drug-likeness (QED) is 0.796. The molecule has 3 heteroatoms. The zero-order chi connectivity index (χ0) is 11.3. The Labute approximate surface area is 99.2 Å². The van der Waals surface area contributed by atoms with Crippen molar-refractivity contribution in [1.29, 1.82) is 0 Å². The van der Waals surface area contributed by atoms with Crippen molar-refractivity contribution in [2.24, 2.45) is 5.41 Å². The first-order valence-electron chi connectivity index (χ1n) is 6.05. The minimum Gasteiger partial charge on any atom is -0.316 e. The predicted molar refractivity (Wildman–Crippen MR) is 70.7 cm³/mol. The molecule has 1 aliphatic rings. The Morgan fingerprint density at radius 3 is 2.73 bits per heavy atom. The number of thioether (sulfide) groups is 1. The Hall–Kier alpha value is 0.270. The Morgan fingerprint density at radius 2 is 2.20 bits per heavy atom. The summed E-state index contributed by atoms with van der Waals surface area (Å²) in [6.45, 7) is 8.44. The first-order valence-corrected chi connectivity index (χ1v) is 7.44. The molecule has 0 spiro atoms. The number of hydrogen-bond acceptors (Lipinski definition) is 3. The van der Waals surface area contributed by atoms with Crippen molar-refractivity contribution in [2.45, 2.75) is 32.7 Å². The van der Waals surface area contributed by atoms with Crippen LogP contribution in [0.5, 0.6) is 0 Å². The van der Waals surface area contributed by atoms with Gasteiger partial charge in [-0.05, 0) is 56.9 Å². The van der Waals surface area contributed by atoms with E-state index in [0.717, 1.165) is 0 Å². The lowest BCUT2D eigenvalue weighted by atomic mass is 9.80. The Morgan fingerprint density at radius 1 is 1.47 bits per heavy atom. The van der Waals surface area contributed by atoms with Crippen LogP contribution in [-0.2, 0) is 0 Å². The Balaban J connectivity index is 2.66. The normalized spacial score (nSPS) is 34.0. The zero-order valence-electron chi connectivity index (χ0n) is 10.7. The maximum Gasteiger partial charge on any atom is 0.0138 e. The van der Waals surface area contributed by atoms with Gasteiger partial charge in [-0.3, -0.25) is 0 Å². The van der Waals surface area contributed by atoms with Crippen LogP contribution in [0, 0.1) is 5.41 Å². The van der Waals surface area contributed by atoms with Gasteiger partial charge in [-0.1, -0.05) is 13.8 Å². The second kappa shape index (κ2) is 6.12. The first-order chi connectivity index (χ1) is 7.16. The van der Waals surface area contributed by atoms with Gasteiger partial charge in [0, 0.05) is 6.04 Å². The standard InChI is InChI=1S/C12H26N2S/c1-5-14-8-6-11(13-3)12(2,7-9-14)10-15-4/h11,13H,5-10H2,1-4H3/t11-,12-/m0/s1. The van der Waals surface area contributed by atoms with Crippen LogP contribution in [0.1, 0.15) is 26.7 Å². The first kappa shape index (κ1) is 13.3. The van der Waals surface area contributed by atoms with E-state index in [-0.39, 0.29) is 0 Å². The molecule has 0 unspecified atom stereocenters. The molecule has 0 amide bonds. The van der Waals surface area contributed by atoms with Gasteiger partial charge in [-0.25, -0.2) is 0 Å². The number of rotatable bonds is 4. The smallest absolute Gasteiger partial charge is 0.0138 e. The summed E-state index contributed by atoms with van der Waals surface area (Å²) in [5, 5.41) is 3.52. The molecule has 1 fully saturated rings. The average Bonchev–Trinajstić information content (AvgIpc) is 2.38. The molecule has 0 bridgehead atoms. The highest BCUT2D eigenvalue weighted by Gasteiger charge is 2.35. The van der Waals surface area contributed by atoms with E-state index >= 15 is 0 Å². The minimum absolute atomic E-state index is 0.470. The fraction of sp³-hybridized carbons (Fsp3) is 1.00. The SMILES string of the molecule is CCN1CC[C@H](NC)[C@](C)(CSC)CC1. The minimum atomic E-state index is 0.470. The van der Waals surface area contributed by atoms with Crippen molar-refractivity contribution >= 4 is 11.8 Å². The number of nitrogens with one attached hydrogen (secondary N) is 1. The highest BCUT2D eigenvalue weighted by atomic mass is 32.2. The van der Waals surface area contributed by atoms with Gasteiger partial charge < -0.3 is 10.2 Å². The van der Waals surface area contributed by atoms with Gasteiger partial charge in [0.15, 0.2) is 0 Å². The van der Waals surface area contributed by atoms with Crippen LogP contribution in [0.15, 0.2) is 0 Å². The lowest BCUT2D eigenvalue weighted by Gasteiger charge is -2.35. The molecule has 1 rings (SSSR count). The van der Waals surface area contributed by atoms with Crippen molar-refractivity contribution in [1.82, 2.24) is 10.2 Å². The van der Waals surface area contributed by atoms with E-state index in [1.165, 1.54) is 38.2 Å². The van der Waals surface area contributed by atoms with Gasteiger partial charge in [-0.2, -0.15) is 11.8 Å². The molecule has 2 atom stereocenters. The summed E-state index contributed by atoms with van der Waals surface area (Å²) in [6, 6.07) is 0.682. The molecule has 0 aliphatic carbocycles. The van der Waals surface area contributed by atoms with Crippen LogP contribution in [0.3, 0.4) is 0 Å². The highest BCUT2D eigenvalue weighted by molar-refractivity contribution is 7.98. The van der Waals surface area contributed by atoms with Crippen molar-refractivity contribution in [2.75, 3.05) is 38.7 Å². The zero-order valence-corrected chi connectivity index (χ0v) is 11.5. The maximum atomic E-state index is 3.52. The summed E-state index contributed by atoms with van der Waals surface area (Å²) in [6.07, 6.45) is 4.84. The maximum absolute atomic E-state index is 3.52. The van der Waals surface area contributed by atoms with Crippen LogP contribution < -0.4 is 5.32 Å². The number of nitrogens with zero attached hydrogens (tertiary/aromatic N) is 1. The van der Waals surface area contributed by atoms with Gasteiger partial charge in [-0.15, -0.1) is 0 Å². The van der Waals surface area contributed by atoms with Crippen LogP contribution in [0.4, 0.5) is 0 Å². The lowest BCUT2D eigenvalue weighted by molar-refractivity contribution is 0.243. The highest BCUT2D eigenvalue weighted by Crippen LogP contribution is 2.33. The fourth-order valence-corrected chi connectivity index (χ4v) is 3.68. The van der Waals surface area contributed by atoms with Crippen molar-refractivity contribution in [3.8, 4) is 0 Å². The monoisotopic (exact) mass is 230 g/mol. The summed E-state index contributed by atoms with van der Waals surface area (Å²) < 4.78 is 0. The molecule has 2 nitrogen and oxygen atoms in total. The topological polar surface area (TPSA) is 15.3 Å². The lowest BCUT2D eigenvalue weighted by Crippen LogP contribution is -2.43. The molecule has 1 saturated heterocycles. The second-order valence-corrected chi connectivity index (χ2v) is 5.77. The van der Waals surface area contributed by atoms with Crippen LogP contribution in [-0.4, -0.2) is 49.6 Å².